The molecule has 2 aromatic rings. The lowest BCUT2D eigenvalue weighted by molar-refractivity contribution is -0.0237. The number of aliphatic hydroxyl groups excluding tert-OH is 1. The number of esters is 1. The van der Waals surface area contributed by atoms with Gasteiger partial charge in [-0.05, 0) is 54.4 Å². The van der Waals surface area contributed by atoms with Crippen molar-refractivity contribution in [2.24, 2.45) is 11.8 Å². The van der Waals surface area contributed by atoms with Crippen LogP contribution in [0.3, 0.4) is 0 Å². The number of fused-ring (bicyclic) bond motifs is 1. The number of aliphatic hydroxyl groups is 1. The first-order valence-corrected chi connectivity index (χ1v) is 10.9. The van der Waals surface area contributed by atoms with Gasteiger partial charge < -0.3 is 14.6 Å². The van der Waals surface area contributed by atoms with Crippen LogP contribution in [0.25, 0.3) is 0 Å². The van der Waals surface area contributed by atoms with Crippen LogP contribution in [0, 0.1) is 11.8 Å². The minimum Gasteiger partial charge on any atom is -0.487 e. The highest BCUT2D eigenvalue weighted by Crippen LogP contribution is 2.39. The second kappa shape index (κ2) is 9.19. The first-order valence-electron chi connectivity index (χ1n) is 10.9. The van der Waals surface area contributed by atoms with Gasteiger partial charge in [0.25, 0.3) is 0 Å². The summed E-state index contributed by atoms with van der Waals surface area (Å²) in [4.78, 5) is 14.6. The third-order valence-corrected chi connectivity index (χ3v) is 6.62. The molecule has 0 radical (unpaired) electrons. The zero-order valence-electron chi connectivity index (χ0n) is 17.8. The molecule has 5 nitrogen and oxygen atoms in total. The average Bonchev–Trinajstić information content (AvgIpc) is 3.15. The normalized spacial score (nSPS) is 26.2. The Bertz CT molecular complexity index is 883. The van der Waals surface area contributed by atoms with Crippen molar-refractivity contribution in [1.82, 2.24) is 4.90 Å². The molecule has 2 aliphatic rings. The molecule has 0 spiro atoms. The summed E-state index contributed by atoms with van der Waals surface area (Å²) in [7, 11) is 1.36. The molecule has 4 atom stereocenters. The van der Waals surface area contributed by atoms with E-state index in [1.54, 1.807) is 18.2 Å². The maximum absolute atomic E-state index is 12.0. The minimum atomic E-state index is -0.528. The van der Waals surface area contributed by atoms with Gasteiger partial charge in [0.15, 0.2) is 0 Å². The molecule has 2 aromatic carbocycles. The van der Waals surface area contributed by atoms with E-state index in [9.17, 15) is 9.90 Å². The lowest BCUT2D eigenvalue weighted by Crippen LogP contribution is -2.42. The van der Waals surface area contributed by atoms with Crippen LogP contribution < -0.4 is 4.74 Å². The number of hydrogen-bond acceptors (Lipinski definition) is 5. The Morgan fingerprint density at radius 3 is 2.43 bits per heavy atom. The van der Waals surface area contributed by atoms with Crippen molar-refractivity contribution in [2.75, 3.05) is 20.2 Å². The SMILES string of the molecule is CCc1ccccc1CN1C[C@H]2C[C@@H](Oc3ccccc3C(=O)OC)[C@H](O)C[C@H]2C1. The van der Waals surface area contributed by atoms with E-state index in [4.69, 9.17) is 9.47 Å². The van der Waals surface area contributed by atoms with Crippen molar-refractivity contribution in [3.8, 4) is 5.75 Å². The molecular weight excluding hydrogens is 378 g/mol. The fourth-order valence-electron chi connectivity index (χ4n) is 5.05. The molecule has 0 unspecified atom stereocenters. The Hall–Kier alpha value is -2.37. The van der Waals surface area contributed by atoms with E-state index in [0.29, 0.717) is 23.1 Å². The molecule has 30 heavy (non-hydrogen) atoms. The van der Waals surface area contributed by atoms with Gasteiger partial charge in [0.05, 0.1) is 13.2 Å². The van der Waals surface area contributed by atoms with E-state index >= 15 is 0 Å². The zero-order chi connectivity index (χ0) is 21.1. The maximum Gasteiger partial charge on any atom is 0.341 e. The molecular formula is C25H31NO4. The number of hydrogen-bond donors (Lipinski definition) is 1. The fourth-order valence-corrected chi connectivity index (χ4v) is 5.05. The molecule has 2 fully saturated rings. The van der Waals surface area contributed by atoms with Crippen molar-refractivity contribution in [3.63, 3.8) is 0 Å². The van der Waals surface area contributed by atoms with Crippen molar-refractivity contribution in [3.05, 3.63) is 65.2 Å². The Morgan fingerprint density at radius 2 is 1.70 bits per heavy atom. The number of nitrogens with zero attached hydrogens (tertiary/aromatic N) is 1. The van der Waals surface area contributed by atoms with E-state index < -0.39 is 12.1 Å². The summed E-state index contributed by atoms with van der Waals surface area (Å²) in [5, 5.41) is 10.8. The molecule has 1 aliphatic heterocycles. The highest BCUT2D eigenvalue weighted by atomic mass is 16.5. The van der Waals surface area contributed by atoms with Gasteiger partial charge in [-0.25, -0.2) is 4.79 Å². The number of likely N-dealkylation sites (tertiary alicyclic amines) is 1. The number of benzene rings is 2. The minimum absolute atomic E-state index is 0.306. The molecule has 1 aliphatic carbocycles. The van der Waals surface area contributed by atoms with Crippen LogP contribution in [0.1, 0.15) is 41.3 Å². The topological polar surface area (TPSA) is 59.0 Å². The standard InChI is InChI=1S/C25H31NO4/c1-3-17-8-4-5-9-18(17)14-26-15-19-12-22(27)24(13-20(19)16-26)30-23-11-7-6-10-21(23)25(28)29-2/h4-11,19-20,22,24,27H,3,12-16H2,1-2H3/t19-,20+,22+,24+/m0/s1. The van der Waals surface area contributed by atoms with Crippen LogP contribution >= 0.6 is 0 Å². The Kier molecular flexibility index (Phi) is 6.40. The van der Waals surface area contributed by atoms with Gasteiger partial charge >= 0.3 is 5.97 Å². The number of methoxy groups -OCH3 is 1. The molecule has 0 bridgehead atoms. The molecule has 1 saturated carbocycles. The van der Waals surface area contributed by atoms with Crippen LogP contribution in [-0.4, -0.2) is 48.4 Å². The number of ether oxygens (including phenoxy) is 2. The van der Waals surface area contributed by atoms with Gasteiger partial charge in [-0.15, -0.1) is 0 Å². The predicted molar refractivity (Wildman–Crippen MR) is 116 cm³/mol. The highest BCUT2D eigenvalue weighted by Gasteiger charge is 2.42. The van der Waals surface area contributed by atoms with Crippen LogP contribution in [-0.2, 0) is 17.7 Å². The van der Waals surface area contributed by atoms with Crippen molar-refractivity contribution in [2.45, 2.75) is 44.9 Å². The monoisotopic (exact) mass is 409 g/mol. The summed E-state index contributed by atoms with van der Waals surface area (Å²) in [6.07, 6.45) is 1.75. The van der Waals surface area contributed by atoms with Gasteiger partial charge in [-0.2, -0.15) is 0 Å². The third kappa shape index (κ3) is 4.37. The first kappa shape index (κ1) is 20.9. The molecule has 1 N–H and O–H groups in total. The van der Waals surface area contributed by atoms with Crippen molar-refractivity contribution >= 4 is 5.97 Å². The quantitative estimate of drug-likeness (QED) is 0.738. The summed E-state index contributed by atoms with van der Waals surface area (Å²) in [6, 6.07) is 15.8. The third-order valence-electron chi connectivity index (χ3n) is 6.62. The average molecular weight is 410 g/mol. The summed E-state index contributed by atoms with van der Waals surface area (Å²) >= 11 is 0. The molecule has 5 heteroatoms. The van der Waals surface area contributed by atoms with Gasteiger partial charge in [-0.1, -0.05) is 43.3 Å². The van der Waals surface area contributed by atoms with Gasteiger partial charge in [0.2, 0.25) is 0 Å². The largest absolute Gasteiger partial charge is 0.487 e. The van der Waals surface area contributed by atoms with Crippen LogP contribution in [0.4, 0.5) is 0 Å². The zero-order valence-corrected chi connectivity index (χ0v) is 17.8. The Balaban J connectivity index is 1.42. The number of carbonyl (C=O) groups is 1. The molecule has 1 heterocycles. The maximum atomic E-state index is 12.0. The number of carbonyl (C=O) groups excluding carboxylic acids is 1. The summed E-state index contributed by atoms with van der Waals surface area (Å²) in [6.45, 7) is 5.20. The molecule has 0 aromatic heterocycles. The number of rotatable bonds is 6. The van der Waals surface area contributed by atoms with E-state index in [1.165, 1.54) is 18.2 Å². The lowest BCUT2D eigenvalue weighted by Gasteiger charge is -2.35. The van der Waals surface area contributed by atoms with Crippen LogP contribution in [0.5, 0.6) is 5.75 Å². The number of aryl methyl sites for hydroxylation is 1. The van der Waals surface area contributed by atoms with Gasteiger partial charge in [-0.3, -0.25) is 4.90 Å². The van der Waals surface area contributed by atoms with Gasteiger partial charge in [0.1, 0.15) is 17.4 Å². The van der Waals surface area contributed by atoms with E-state index in [-0.39, 0.29) is 6.10 Å². The number of para-hydroxylation sites is 1. The summed E-state index contributed by atoms with van der Waals surface area (Å²) in [5.74, 6) is 1.05. The van der Waals surface area contributed by atoms with E-state index in [2.05, 4.69) is 36.1 Å². The fraction of sp³-hybridized carbons (Fsp3) is 0.480. The highest BCUT2D eigenvalue weighted by molar-refractivity contribution is 5.92. The second-order valence-electron chi connectivity index (χ2n) is 8.52. The van der Waals surface area contributed by atoms with Gasteiger partial charge in [0, 0.05) is 19.6 Å². The molecule has 1 saturated heterocycles. The first-order chi connectivity index (χ1) is 14.6. The summed E-state index contributed by atoms with van der Waals surface area (Å²) in [5.41, 5.74) is 3.21. The van der Waals surface area contributed by atoms with Crippen molar-refractivity contribution < 1.29 is 19.4 Å². The predicted octanol–water partition coefficient (Wildman–Crippen LogP) is 3.69. The van der Waals surface area contributed by atoms with E-state index in [0.717, 1.165) is 38.9 Å². The van der Waals surface area contributed by atoms with Crippen LogP contribution in [0.15, 0.2) is 48.5 Å². The second-order valence-corrected chi connectivity index (χ2v) is 8.52. The van der Waals surface area contributed by atoms with E-state index in [1.807, 2.05) is 6.07 Å². The summed E-state index contributed by atoms with van der Waals surface area (Å²) < 4.78 is 11.0. The lowest BCUT2D eigenvalue weighted by atomic mass is 9.78. The van der Waals surface area contributed by atoms with Crippen LogP contribution in [0.2, 0.25) is 0 Å². The smallest absolute Gasteiger partial charge is 0.341 e. The molecule has 160 valence electrons. The van der Waals surface area contributed by atoms with Crippen molar-refractivity contribution in [1.29, 1.82) is 0 Å². The molecule has 0 amide bonds. The Morgan fingerprint density at radius 1 is 1.03 bits per heavy atom. The molecule has 4 rings (SSSR count). The Labute approximate surface area is 178 Å².